The minimum Gasteiger partial charge on any atom is -0.457 e. The minimum atomic E-state index is -0.869. The smallest absolute Gasteiger partial charge is 0.333 e. The van der Waals surface area contributed by atoms with Crippen LogP contribution in [-0.4, -0.2) is 14.8 Å². The highest BCUT2D eigenvalue weighted by Gasteiger charge is 2.09. The Morgan fingerprint density at radius 3 is 2.56 bits per heavy atom. The quantitative estimate of drug-likeness (QED) is 0.452. The molecule has 0 unspecified atom stereocenters. The first-order valence-electron chi connectivity index (χ1n) is 5.42. The maximum absolute atomic E-state index is 11.3. The molecule has 1 aromatic carbocycles. The molecule has 2 nitrogen and oxygen atoms in total. The van der Waals surface area contributed by atoms with Crippen molar-refractivity contribution in [1.29, 1.82) is 0 Å². The molecule has 0 saturated heterocycles. The van der Waals surface area contributed by atoms with Gasteiger partial charge in [-0.05, 0) is 12.5 Å². The summed E-state index contributed by atoms with van der Waals surface area (Å²) in [5.74, 6) is -0.319. The summed E-state index contributed by atoms with van der Waals surface area (Å²) >= 11 is 0. The number of carbonyl (C=O) groups is 1. The van der Waals surface area contributed by atoms with E-state index in [2.05, 4.69) is 25.7 Å². The number of benzene rings is 1. The second kappa shape index (κ2) is 5.65. The molecule has 86 valence electrons. The zero-order valence-electron chi connectivity index (χ0n) is 10.1. The lowest BCUT2D eigenvalue weighted by molar-refractivity contribution is -0.140. The predicted molar refractivity (Wildman–Crippen MR) is 69.6 cm³/mol. The molecule has 3 heteroatoms. The third-order valence-electron chi connectivity index (χ3n) is 2.38. The van der Waals surface area contributed by atoms with Gasteiger partial charge in [0.15, 0.2) is 0 Å². The lowest BCUT2D eigenvalue weighted by atomic mass is 10.2. The van der Waals surface area contributed by atoms with E-state index >= 15 is 0 Å². The van der Waals surface area contributed by atoms with E-state index < -0.39 is 8.80 Å². The summed E-state index contributed by atoms with van der Waals surface area (Å²) in [6.45, 7) is 10.1. The molecule has 0 heterocycles. The Morgan fingerprint density at radius 2 is 2.00 bits per heavy atom. The van der Waals surface area contributed by atoms with E-state index in [9.17, 15) is 4.79 Å². The van der Waals surface area contributed by atoms with E-state index in [1.165, 1.54) is 5.19 Å². The summed E-state index contributed by atoms with van der Waals surface area (Å²) in [7, 11) is -0.869. The molecule has 1 rings (SSSR count). The van der Waals surface area contributed by atoms with Gasteiger partial charge in [-0.15, -0.1) is 0 Å². The van der Waals surface area contributed by atoms with E-state index in [0.717, 1.165) is 5.56 Å². The molecule has 0 bridgehead atoms. The Labute approximate surface area is 98.5 Å². The number of esters is 1. The molecule has 16 heavy (non-hydrogen) atoms. The Morgan fingerprint density at radius 1 is 1.38 bits per heavy atom. The number of hydrogen-bond donors (Lipinski definition) is 0. The second-order valence-corrected chi connectivity index (χ2v) is 7.14. The van der Waals surface area contributed by atoms with Crippen molar-refractivity contribution in [2.45, 2.75) is 26.6 Å². The van der Waals surface area contributed by atoms with Crippen molar-refractivity contribution in [2.24, 2.45) is 0 Å². The van der Waals surface area contributed by atoms with Gasteiger partial charge in [0.25, 0.3) is 0 Å². The van der Waals surface area contributed by atoms with Gasteiger partial charge < -0.3 is 4.74 Å². The fraction of sp³-hybridized carbons (Fsp3) is 0.308. The molecular formula is C13H18O2Si. The van der Waals surface area contributed by atoms with Crippen LogP contribution in [0.25, 0.3) is 0 Å². The number of ether oxygens (including phenoxy) is 1. The average molecular weight is 234 g/mol. The van der Waals surface area contributed by atoms with Crippen LogP contribution in [0.3, 0.4) is 0 Å². The van der Waals surface area contributed by atoms with Crippen molar-refractivity contribution in [2.75, 3.05) is 0 Å². The standard InChI is InChI=1S/C13H18O2Si/c1-10(2)13(14)15-9-11-7-5-6-8-12(11)16(3)4/h5-8,16H,1,9H2,2-4H3. The summed E-state index contributed by atoms with van der Waals surface area (Å²) in [6.07, 6.45) is 0. The third kappa shape index (κ3) is 3.34. The maximum atomic E-state index is 11.3. The zero-order chi connectivity index (χ0) is 12.1. The van der Waals surface area contributed by atoms with Crippen LogP contribution in [0.4, 0.5) is 0 Å². The van der Waals surface area contributed by atoms with Crippen molar-refractivity contribution < 1.29 is 9.53 Å². The molecule has 0 aromatic heterocycles. The molecule has 0 aliphatic heterocycles. The highest BCUT2D eigenvalue weighted by atomic mass is 28.3. The van der Waals surface area contributed by atoms with Crippen LogP contribution in [0.15, 0.2) is 36.4 Å². The van der Waals surface area contributed by atoms with Crippen molar-refractivity contribution in [1.82, 2.24) is 0 Å². The molecule has 0 saturated carbocycles. The van der Waals surface area contributed by atoms with Gasteiger partial charge in [-0.3, -0.25) is 0 Å². The lowest BCUT2D eigenvalue weighted by Crippen LogP contribution is -2.27. The predicted octanol–water partition coefficient (Wildman–Crippen LogP) is 2.00. The fourth-order valence-corrected chi connectivity index (χ4v) is 2.91. The Bertz CT molecular complexity index is 397. The van der Waals surface area contributed by atoms with Gasteiger partial charge in [0.2, 0.25) is 0 Å². The Hall–Kier alpha value is -1.35. The average Bonchev–Trinajstić information content (AvgIpc) is 2.25. The van der Waals surface area contributed by atoms with Crippen LogP contribution in [-0.2, 0) is 16.1 Å². The Kier molecular flexibility index (Phi) is 4.49. The highest BCUT2D eigenvalue weighted by molar-refractivity contribution is 6.71. The van der Waals surface area contributed by atoms with E-state index in [-0.39, 0.29) is 5.97 Å². The highest BCUT2D eigenvalue weighted by Crippen LogP contribution is 2.03. The fourth-order valence-electron chi connectivity index (χ4n) is 1.50. The summed E-state index contributed by atoms with van der Waals surface area (Å²) in [5, 5.41) is 1.36. The molecular weight excluding hydrogens is 216 g/mol. The van der Waals surface area contributed by atoms with Crippen molar-refractivity contribution in [3.63, 3.8) is 0 Å². The van der Waals surface area contributed by atoms with Crippen LogP contribution >= 0.6 is 0 Å². The molecule has 0 spiro atoms. The molecule has 0 fully saturated rings. The first kappa shape index (κ1) is 12.7. The monoisotopic (exact) mass is 234 g/mol. The SMILES string of the molecule is C=C(C)C(=O)OCc1ccccc1[SiH](C)C. The topological polar surface area (TPSA) is 26.3 Å². The van der Waals surface area contributed by atoms with Crippen molar-refractivity contribution >= 4 is 20.0 Å². The lowest BCUT2D eigenvalue weighted by Gasteiger charge is -2.12. The number of hydrogen-bond acceptors (Lipinski definition) is 2. The summed E-state index contributed by atoms with van der Waals surface area (Å²) < 4.78 is 5.16. The summed E-state index contributed by atoms with van der Waals surface area (Å²) in [4.78, 5) is 11.3. The van der Waals surface area contributed by atoms with Crippen LogP contribution in [0.2, 0.25) is 13.1 Å². The first-order chi connectivity index (χ1) is 7.52. The second-order valence-electron chi connectivity index (χ2n) is 4.21. The molecule has 0 amide bonds. The summed E-state index contributed by atoms with van der Waals surface area (Å²) in [5.41, 5.74) is 1.57. The van der Waals surface area contributed by atoms with E-state index in [1.807, 2.05) is 18.2 Å². The maximum Gasteiger partial charge on any atom is 0.333 e. The van der Waals surface area contributed by atoms with Gasteiger partial charge in [0.1, 0.15) is 6.61 Å². The molecule has 0 radical (unpaired) electrons. The van der Waals surface area contributed by atoms with Gasteiger partial charge in [0, 0.05) is 5.57 Å². The number of carbonyl (C=O) groups excluding carboxylic acids is 1. The normalized spacial score (nSPS) is 10.2. The van der Waals surface area contributed by atoms with Crippen molar-refractivity contribution in [3.05, 3.63) is 42.0 Å². The molecule has 0 aliphatic rings. The largest absolute Gasteiger partial charge is 0.457 e. The number of rotatable bonds is 4. The van der Waals surface area contributed by atoms with Gasteiger partial charge in [-0.2, -0.15) is 0 Å². The Balaban J connectivity index is 2.74. The molecule has 0 atom stereocenters. The molecule has 0 N–H and O–H groups in total. The minimum absolute atomic E-state index is 0.319. The molecule has 1 aromatic rings. The van der Waals surface area contributed by atoms with Gasteiger partial charge in [0.05, 0.1) is 8.80 Å². The first-order valence-corrected chi connectivity index (χ1v) is 8.31. The molecule has 0 aliphatic carbocycles. The zero-order valence-corrected chi connectivity index (χ0v) is 11.3. The van der Waals surface area contributed by atoms with E-state index in [0.29, 0.717) is 12.2 Å². The van der Waals surface area contributed by atoms with Gasteiger partial charge >= 0.3 is 5.97 Å². The van der Waals surface area contributed by atoms with Crippen LogP contribution in [0.5, 0.6) is 0 Å². The van der Waals surface area contributed by atoms with Crippen LogP contribution in [0, 0.1) is 0 Å². The van der Waals surface area contributed by atoms with Crippen molar-refractivity contribution in [3.8, 4) is 0 Å². The summed E-state index contributed by atoms with van der Waals surface area (Å²) in [6, 6.07) is 8.16. The van der Waals surface area contributed by atoms with E-state index in [1.54, 1.807) is 6.92 Å². The van der Waals surface area contributed by atoms with E-state index in [4.69, 9.17) is 4.74 Å². The third-order valence-corrected chi connectivity index (χ3v) is 4.19. The van der Waals surface area contributed by atoms with Gasteiger partial charge in [-0.1, -0.05) is 49.1 Å². The van der Waals surface area contributed by atoms with Crippen LogP contribution in [0.1, 0.15) is 12.5 Å². The van der Waals surface area contributed by atoms with Crippen LogP contribution < -0.4 is 5.19 Å². The van der Waals surface area contributed by atoms with Gasteiger partial charge in [-0.25, -0.2) is 4.79 Å².